The molecule has 21 heavy (non-hydrogen) atoms. The second-order valence-electron chi connectivity index (χ2n) is 5.84. The zero-order valence-electron chi connectivity index (χ0n) is 12.8. The van der Waals surface area contributed by atoms with E-state index >= 15 is 0 Å². The molecule has 0 atom stereocenters. The summed E-state index contributed by atoms with van der Waals surface area (Å²) in [5, 5.41) is 0. The van der Waals surface area contributed by atoms with E-state index < -0.39 is 10.0 Å². The Morgan fingerprint density at radius 1 is 1.33 bits per heavy atom. The average molecular weight is 311 g/mol. The minimum absolute atomic E-state index is 0.276. The maximum absolute atomic E-state index is 12.2. The predicted molar refractivity (Wildman–Crippen MR) is 85.7 cm³/mol. The van der Waals surface area contributed by atoms with Gasteiger partial charge in [-0.1, -0.05) is 12.8 Å². The van der Waals surface area contributed by atoms with Crippen molar-refractivity contribution in [1.82, 2.24) is 9.62 Å². The number of hydrogen-bond donors (Lipinski definition) is 2. The molecule has 1 aromatic rings. The lowest BCUT2D eigenvalue weighted by Gasteiger charge is -2.23. The molecule has 1 fully saturated rings. The number of anilines is 1. The van der Waals surface area contributed by atoms with Crippen molar-refractivity contribution in [2.24, 2.45) is 0 Å². The second kappa shape index (κ2) is 6.77. The average Bonchev–Trinajstić information content (AvgIpc) is 2.95. The molecule has 5 nitrogen and oxygen atoms in total. The van der Waals surface area contributed by atoms with E-state index in [0.717, 1.165) is 12.1 Å². The van der Waals surface area contributed by atoms with Crippen LogP contribution in [0.3, 0.4) is 0 Å². The van der Waals surface area contributed by atoms with E-state index in [9.17, 15) is 8.42 Å². The normalized spacial score (nSPS) is 16.7. The highest BCUT2D eigenvalue weighted by Gasteiger charge is 2.20. The van der Waals surface area contributed by atoms with Crippen LogP contribution < -0.4 is 10.5 Å². The summed E-state index contributed by atoms with van der Waals surface area (Å²) in [5.41, 5.74) is 7.10. The maximum atomic E-state index is 12.2. The summed E-state index contributed by atoms with van der Waals surface area (Å²) in [4.78, 5) is 2.53. The summed E-state index contributed by atoms with van der Waals surface area (Å²) >= 11 is 0. The number of nitrogens with zero attached hydrogens (tertiary/aromatic N) is 1. The predicted octanol–water partition coefficient (Wildman–Crippen LogP) is 1.73. The second-order valence-corrected chi connectivity index (χ2v) is 7.60. The number of nitrogens with one attached hydrogen (secondary N) is 1. The van der Waals surface area contributed by atoms with Crippen molar-refractivity contribution < 1.29 is 8.42 Å². The summed E-state index contributed by atoms with van der Waals surface area (Å²) in [6.07, 6.45) is 5.01. The van der Waals surface area contributed by atoms with Crippen molar-refractivity contribution in [3.63, 3.8) is 0 Å². The fourth-order valence-electron chi connectivity index (χ4n) is 2.78. The summed E-state index contributed by atoms with van der Waals surface area (Å²) in [5.74, 6) is 0. The third-order valence-corrected chi connectivity index (χ3v) is 5.71. The lowest BCUT2D eigenvalue weighted by Crippen LogP contribution is -2.37. The van der Waals surface area contributed by atoms with E-state index in [1.165, 1.54) is 25.7 Å². The first-order valence-corrected chi connectivity index (χ1v) is 8.94. The Balaban J connectivity index is 1.90. The minimum Gasteiger partial charge on any atom is -0.399 e. The Bertz CT molecular complexity index is 581. The van der Waals surface area contributed by atoms with E-state index in [-0.39, 0.29) is 4.90 Å². The van der Waals surface area contributed by atoms with Gasteiger partial charge >= 0.3 is 0 Å². The lowest BCUT2D eigenvalue weighted by atomic mass is 10.2. The van der Waals surface area contributed by atoms with Crippen LogP contribution in [0.25, 0.3) is 0 Å². The summed E-state index contributed by atoms with van der Waals surface area (Å²) < 4.78 is 27.1. The number of sulfonamides is 1. The van der Waals surface area contributed by atoms with Crippen LogP contribution in [0.2, 0.25) is 0 Å². The lowest BCUT2D eigenvalue weighted by molar-refractivity contribution is 0.250. The SMILES string of the molecule is Cc1cc(S(=O)(=O)NCCN(C)C2CCCC2)ccc1N. The van der Waals surface area contributed by atoms with Crippen molar-refractivity contribution >= 4 is 15.7 Å². The zero-order valence-corrected chi connectivity index (χ0v) is 13.6. The summed E-state index contributed by atoms with van der Waals surface area (Å²) in [7, 11) is -1.38. The molecule has 1 saturated carbocycles. The first kappa shape index (κ1) is 16.3. The van der Waals surface area contributed by atoms with Gasteiger partial charge in [0.1, 0.15) is 0 Å². The van der Waals surface area contributed by atoms with Gasteiger partial charge in [0, 0.05) is 24.8 Å². The van der Waals surface area contributed by atoms with Crippen molar-refractivity contribution in [2.45, 2.75) is 43.5 Å². The van der Waals surface area contributed by atoms with Crippen LogP contribution in [0.1, 0.15) is 31.2 Å². The molecule has 0 aliphatic heterocycles. The van der Waals surface area contributed by atoms with Gasteiger partial charge in [0.15, 0.2) is 0 Å². The standard InChI is InChI=1S/C15H25N3O2S/c1-12-11-14(7-8-15(12)16)21(19,20)17-9-10-18(2)13-5-3-4-6-13/h7-8,11,13,17H,3-6,9-10,16H2,1-2H3. The number of aryl methyl sites for hydroxylation is 1. The molecule has 0 heterocycles. The van der Waals surface area contributed by atoms with E-state index in [1.54, 1.807) is 18.2 Å². The van der Waals surface area contributed by atoms with Crippen LogP contribution >= 0.6 is 0 Å². The Hall–Kier alpha value is -1.11. The molecule has 2 rings (SSSR count). The molecule has 6 heteroatoms. The Morgan fingerprint density at radius 3 is 2.62 bits per heavy atom. The molecule has 1 aliphatic carbocycles. The van der Waals surface area contributed by atoms with Gasteiger partial charge in [-0.25, -0.2) is 13.1 Å². The van der Waals surface area contributed by atoms with Crippen LogP contribution in [0.4, 0.5) is 5.69 Å². The number of rotatable bonds is 6. The monoisotopic (exact) mass is 311 g/mol. The fourth-order valence-corrected chi connectivity index (χ4v) is 3.89. The third-order valence-electron chi connectivity index (χ3n) is 4.26. The first-order chi connectivity index (χ1) is 9.90. The van der Waals surface area contributed by atoms with Gasteiger partial charge in [0.2, 0.25) is 10.0 Å². The summed E-state index contributed by atoms with van der Waals surface area (Å²) in [6.45, 7) is 2.97. The van der Waals surface area contributed by atoms with Gasteiger partial charge in [-0.15, -0.1) is 0 Å². The zero-order chi connectivity index (χ0) is 15.5. The van der Waals surface area contributed by atoms with Crippen LogP contribution in [0.5, 0.6) is 0 Å². The topological polar surface area (TPSA) is 75.4 Å². The minimum atomic E-state index is -3.45. The van der Waals surface area contributed by atoms with Crippen LogP contribution in [-0.4, -0.2) is 39.5 Å². The molecule has 0 amide bonds. The smallest absolute Gasteiger partial charge is 0.240 e. The van der Waals surface area contributed by atoms with E-state index in [1.807, 2.05) is 6.92 Å². The van der Waals surface area contributed by atoms with Gasteiger partial charge in [-0.3, -0.25) is 0 Å². The van der Waals surface area contributed by atoms with Crippen molar-refractivity contribution in [1.29, 1.82) is 0 Å². The summed E-state index contributed by atoms with van der Waals surface area (Å²) in [6, 6.07) is 5.39. The van der Waals surface area contributed by atoms with Crippen molar-refractivity contribution in [2.75, 3.05) is 25.9 Å². The molecule has 0 radical (unpaired) electrons. The highest BCUT2D eigenvalue weighted by Crippen LogP contribution is 2.22. The fraction of sp³-hybridized carbons (Fsp3) is 0.600. The maximum Gasteiger partial charge on any atom is 0.240 e. The van der Waals surface area contributed by atoms with Gasteiger partial charge in [0.25, 0.3) is 0 Å². The van der Waals surface area contributed by atoms with Crippen LogP contribution in [0.15, 0.2) is 23.1 Å². The highest BCUT2D eigenvalue weighted by atomic mass is 32.2. The van der Waals surface area contributed by atoms with Crippen molar-refractivity contribution in [3.05, 3.63) is 23.8 Å². The first-order valence-electron chi connectivity index (χ1n) is 7.46. The number of nitrogens with two attached hydrogens (primary N) is 1. The third kappa shape index (κ3) is 4.18. The van der Waals surface area contributed by atoms with E-state index in [0.29, 0.717) is 18.3 Å². The van der Waals surface area contributed by atoms with Crippen LogP contribution in [0, 0.1) is 6.92 Å². The Morgan fingerprint density at radius 2 is 2.00 bits per heavy atom. The van der Waals surface area contributed by atoms with Gasteiger partial charge in [-0.2, -0.15) is 0 Å². The van der Waals surface area contributed by atoms with Gasteiger partial charge in [0.05, 0.1) is 4.90 Å². The van der Waals surface area contributed by atoms with Crippen molar-refractivity contribution in [3.8, 4) is 0 Å². The largest absolute Gasteiger partial charge is 0.399 e. The highest BCUT2D eigenvalue weighted by molar-refractivity contribution is 7.89. The molecule has 118 valence electrons. The Kier molecular flexibility index (Phi) is 5.24. The molecular formula is C15H25N3O2S. The van der Waals surface area contributed by atoms with Gasteiger partial charge in [-0.05, 0) is 50.6 Å². The molecule has 0 saturated heterocycles. The molecular weight excluding hydrogens is 286 g/mol. The van der Waals surface area contributed by atoms with Gasteiger partial charge < -0.3 is 10.6 Å². The molecule has 1 aromatic carbocycles. The Labute approximate surface area is 127 Å². The molecule has 0 spiro atoms. The molecule has 0 unspecified atom stereocenters. The number of nitrogen functional groups attached to an aromatic ring is 1. The quantitative estimate of drug-likeness (QED) is 0.785. The number of hydrogen-bond acceptors (Lipinski definition) is 4. The van der Waals surface area contributed by atoms with E-state index in [2.05, 4.69) is 16.7 Å². The van der Waals surface area contributed by atoms with E-state index in [4.69, 9.17) is 5.73 Å². The molecule has 3 N–H and O–H groups in total. The van der Waals surface area contributed by atoms with Crippen LogP contribution in [-0.2, 0) is 10.0 Å². The molecule has 0 aromatic heterocycles. The molecule has 0 bridgehead atoms. The number of benzene rings is 1. The number of likely N-dealkylation sites (N-methyl/N-ethyl adjacent to an activating group) is 1. The molecule has 1 aliphatic rings.